The molecule has 0 saturated heterocycles. The smallest absolute Gasteiger partial charge is 0.124 e. The third kappa shape index (κ3) is 4.21. The van der Waals surface area contributed by atoms with E-state index in [4.69, 9.17) is 23.2 Å². The summed E-state index contributed by atoms with van der Waals surface area (Å²) < 4.78 is 13.9. The zero-order chi connectivity index (χ0) is 14.5. The Morgan fingerprint density at radius 2 is 1.75 bits per heavy atom. The standard InChI is InChI=1S/C16H14BrCl2F/c17-15-9-14(20)6-5-12(15)7-11(10-18)8-13-3-1-2-4-16(13)19/h1-6,9,11H,7-8,10H2. The molecule has 0 saturated carbocycles. The van der Waals surface area contributed by atoms with E-state index in [1.54, 1.807) is 6.07 Å². The van der Waals surface area contributed by atoms with E-state index in [1.165, 1.54) is 12.1 Å². The van der Waals surface area contributed by atoms with Crippen molar-refractivity contribution in [2.45, 2.75) is 12.8 Å². The predicted molar refractivity (Wildman–Crippen MR) is 87.2 cm³/mol. The molecule has 0 aliphatic carbocycles. The largest absolute Gasteiger partial charge is 0.207 e. The fourth-order valence-corrected chi connectivity index (χ4v) is 3.10. The number of rotatable bonds is 5. The molecule has 2 aromatic rings. The lowest BCUT2D eigenvalue weighted by Crippen LogP contribution is -2.11. The van der Waals surface area contributed by atoms with Gasteiger partial charge in [0, 0.05) is 15.4 Å². The van der Waals surface area contributed by atoms with Gasteiger partial charge in [-0.2, -0.15) is 0 Å². The first-order valence-electron chi connectivity index (χ1n) is 6.33. The lowest BCUT2D eigenvalue weighted by atomic mass is 9.94. The van der Waals surface area contributed by atoms with Crippen LogP contribution in [0, 0.1) is 11.7 Å². The van der Waals surface area contributed by atoms with E-state index in [2.05, 4.69) is 15.9 Å². The summed E-state index contributed by atoms with van der Waals surface area (Å²) in [4.78, 5) is 0. The van der Waals surface area contributed by atoms with Crippen LogP contribution in [0.2, 0.25) is 5.02 Å². The fourth-order valence-electron chi connectivity index (χ4n) is 2.15. The molecular weight excluding hydrogens is 362 g/mol. The number of benzene rings is 2. The zero-order valence-electron chi connectivity index (χ0n) is 10.8. The van der Waals surface area contributed by atoms with E-state index in [1.807, 2.05) is 24.3 Å². The maximum atomic E-state index is 13.1. The average molecular weight is 376 g/mol. The van der Waals surface area contributed by atoms with E-state index < -0.39 is 0 Å². The second-order valence-electron chi connectivity index (χ2n) is 4.76. The molecule has 0 N–H and O–H groups in total. The summed E-state index contributed by atoms with van der Waals surface area (Å²) in [7, 11) is 0. The van der Waals surface area contributed by atoms with Gasteiger partial charge in [0.05, 0.1) is 0 Å². The molecule has 0 bridgehead atoms. The van der Waals surface area contributed by atoms with Gasteiger partial charge in [-0.3, -0.25) is 0 Å². The summed E-state index contributed by atoms with van der Waals surface area (Å²) >= 11 is 15.6. The topological polar surface area (TPSA) is 0 Å². The van der Waals surface area contributed by atoms with Crippen LogP contribution in [0.3, 0.4) is 0 Å². The second kappa shape index (κ2) is 7.44. The maximum absolute atomic E-state index is 13.1. The molecule has 1 unspecified atom stereocenters. The summed E-state index contributed by atoms with van der Waals surface area (Å²) in [5, 5.41) is 0.765. The van der Waals surface area contributed by atoms with Crippen LogP contribution in [0.1, 0.15) is 11.1 Å². The minimum atomic E-state index is -0.242. The van der Waals surface area contributed by atoms with Crippen molar-refractivity contribution in [1.29, 1.82) is 0 Å². The Bertz CT molecular complexity index is 586. The Hall–Kier alpha value is -0.570. The Kier molecular flexibility index (Phi) is 5.88. The summed E-state index contributed by atoms with van der Waals surface area (Å²) in [5.41, 5.74) is 2.15. The molecular formula is C16H14BrCl2F. The highest BCUT2D eigenvalue weighted by Gasteiger charge is 2.13. The first kappa shape index (κ1) is 15.8. The molecule has 0 aromatic heterocycles. The Labute approximate surface area is 137 Å². The van der Waals surface area contributed by atoms with Crippen LogP contribution < -0.4 is 0 Å². The molecule has 0 fully saturated rings. The highest BCUT2D eigenvalue weighted by Crippen LogP contribution is 2.25. The Morgan fingerprint density at radius 1 is 1.05 bits per heavy atom. The molecule has 1 atom stereocenters. The van der Waals surface area contributed by atoms with Gasteiger partial charge in [0.2, 0.25) is 0 Å². The van der Waals surface area contributed by atoms with Crippen molar-refractivity contribution >= 4 is 39.1 Å². The van der Waals surface area contributed by atoms with Crippen LogP contribution in [0.4, 0.5) is 4.39 Å². The second-order valence-corrected chi connectivity index (χ2v) is 6.33. The monoisotopic (exact) mass is 374 g/mol. The summed E-state index contributed by atoms with van der Waals surface area (Å²) in [6, 6.07) is 12.5. The first-order chi connectivity index (χ1) is 9.60. The van der Waals surface area contributed by atoms with Crippen LogP contribution >= 0.6 is 39.1 Å². The molecule has 0 heterocycles. The lowest BCUT2D eigenvalue weighted by molar-refractivity contribution is 0.579. The number of halogens is 4. The van der Waals surface area contributed by atoms with Crippen molar-refractivity contribution in [3.63, 3.8) is 0 Å². The van der Waals surface area contributed by atoms with E-state index in [9.17, 15) is 4.39 Å². The van der Waals surface area contributed by atoms with Gasteiger partial charge in [-0.25, -0.2) is 4.39 Å². The van der Waals surface area contributed by atoms with E-state index in [0.717, 1.165) is 33.5 Å². The van der Waals surface area contributed by atoms with E-state index in [-0.39, 0.29) is 11.7 Å². The summed E-state index contributed by atoms with van der Waals surface area (Å²) in [6.07, 6.45) is 1.60. The molecule has 0 aliphatic heterocycles. The Morgan fingerprint density at radius 3 is 2.40 bits per heavy atom. The van der Waals surface area contributed by atoms with Gasteiger partial charge in [0.25, 0.3) is 0 Å². The van der Waals surface area contributed by atoms with Crippen molar-refractivity contribution in [3.8, 4) is 0 Å². The normalized spacial score (nSPS) is 12.4. The average Bonchev–Trinajstić information content (AvgIpc) is 2.43. The van der Waals surface area contributed by atoms with Crippen LogP contribution in [-0.2, 0) is 12.8 Å². The van der Waals surface area contributed by atoms with Crippen molar-refractivity contribution in [2.75, 3.05) is 5.88 Å². The van der Waals surface area contributed by atoms with Crippen LogP contribution in [-0.4, -0.2) is 5.88 Å². The van der Waals surface area contributed by atoms with Gasteiger partial charge in [-0.15, -0.1) is 11.6 Å². The van der Waals surface area contributed by atoms with Gasteiger partial charge in [-0.05, 0) is 48.1 Å². The summed E-state index contributed by atoms with van der Waals surface area (Å²) in [6.45, 7) is 0. The predicted octanol–water partition coefficient (Wildman–Crippen LogP) is 5.88. The van der Waals surface area contributed by atoms with Crippen molar-refractivity contribution in [2.24, 2.45) is 5.92 Å². The summed E-state index contributed by atoms with van der Waals surface area (Å²) in [5.74, 6) is 0.558. The SMILES string of the molecule is Fc1ccc(CC(CCl)Cc2ccccc2Cl)c(Br)c1. The Balaban J connectivity index is 2.11. The van der Waals surface area contributed by atoms with Gasteiger partial charge in [-0.1, -0.05) is 51.8 Å². The van der Waals surface area contributed by atoms with Gasteiger partial charge in [0.1, 0.15) is 5.82 Å². The highest BCUT2D eigenvalue weighted by atomic mass is 79.9. The molecule has 0 nitrogen and oxygen atoms in total. The van der Waals surface area contributed by atoms with Crippen molar-refractivity contribution in [3.05, 3.63) is 68.9 Å². The molecule has 0 spiro atoms. The molecule has 2 aromatic carbocycles. The van der Waals surface area contributed by atoms with Crippen molar-refractivity contribution < 1.29 is 4.39 Å². The highest BCUT2D eigenvalue weighted by molar-refractivity contribution is 9.10. The van der Waals surface area contributed by atoms with E-state index in [0.29, 0.717) is 5.88 Å². The van der Waals surface area contributed by atoms with Crippen LogP contribution in [0.5, 0.6) is 0 Å². The van der Waals surface area contributed by atoms with Gasteiger partial charge in [0.15, 0.2) is 0 Å². The molecule has 2 rings (SSSR count). The van der Waals surface area contributed by atoms with Gasteiger partial charge < -0.3 is 0 Å². The molecule has 0 radical (unpaired) electrons. The number of hydrogen-bond donors (Lipinski definition) is 0. The van der Waals surface area contributed by atoms with Crippen LogP contribution in [0.15, 0.2) is 46.9 Å². The van der Waals surface area contributed by atoms with E-state index >= 15 is 0 Å². The van der Waals surface area contributed by atoms with Gasteiger partial charge >= 0.3 is 0 Å². The molecule has 4 heteroatoms. The first-order valence-corrected chi connectivity index (χ1v) is 8.04. The minimum absolute atomic E-state index is 0.242. The minimum Gasteiger partial charge on any atom is -0.207 e. The molecule has 20 heavy (non-hydrogen) atoms. The molecule has 0 aliphatic rings. The third-order valence-corrected chi connectivity index (χ3v) is 4.75. The van der Waals surface area contributed by atoms with Crippen LogP contribution in [0.25, 0.3) is 0 Å². The number of alkyl halides is 1. The molecule has 0 amide bonds. The molecule has 106 valence electrons. The zero-order valence-corrected chi connectivity index (χ0v) is 13.8. The quantitative estimate of drug-likeness (QED) is 0.572. The van der Waals surface area contributed by atoms with Crippen molar-refractivity contribution in [1.82, 2.24) is 0 Å². The third-order valence-electron chi connectivity index (χ3n) is 3.21. The lowest BCUT2D eigenvalue weighted by Gasteiger charge is -2.16. The fraction of sp³-hybridized carbons (Fsp3) is 0.250. The maximum Gasteiger partial charge on any atom is 0.124 e. The number of hydrogen-bond acceptors (Lipinski definition) is 0.